The number of hydrogen-bond donors (Lipinski definition) is 3. The molecule has 0 radical (unpaired) electrons. The molecule has 24 heavy (non-hydrogen) atoms. The number of aryl methyl sites for hydroxylation is 1. The van der Waals surface area contributed by atoms with Crippen LogP contribution in [0.15, 0.2) is 36.4 Å². The Morgan fingerprint density at radius 2 is 2.00 bits per heavy atom. The van der Waals surface area contributed by atoms with Crippen molar-refractivity contribution in [2.75, 3.05) is 11.9 Å². The lowest BCUT2D eigenvalue weighted by atomic mass is 10.0. The molecule has 1 aliphatic rings. The number of carbonyl (C=O) groups excluding carboxylic acids is 1. The minimum atomic E-state index is -0.752. The first-order chi connectivity index (χ1) is 11.5. The molecule has 2 aromatic rings. The smallest absolute Gasteiger partial charge is 0.320 e. The Labute approximate surface area is 141 Å². The molecular weight excluding hydrogens is 304 g/mol. The number of rotatable bonds is 5. The maximum absolute atomic E-state index is 12.2. The number of benzene rings is 1. The first-order valence-corrected chi connectivity index (χ1v) is 8.40. The molecule has 128 valence electrons. The van der Waals surface area contributed by atoms with E-state index >= 15 is 0 Å². The van der Waals surface area contributed by atoms with E-state index in [1.165, 1.54) is 0 Å². The van der Waals surface area contributed by atoms with Crippen molar-refractivity contribution in [3.8, 4) is 0 Å². The van der Waals surface area contributed by atoms with Crippen molar-refractivity contribution in [2.45, 2.75) is 44.8 Å². The molecule has 3 N–H and O–H groups in total. The van der Waals surface area contributed by atoms with Gasteiger partial charge in [0.2, 0.25) is 0 Å². The van der Waals surface area contributed by atoms with Crippen LogP contribution in [0.2, 0.25) is 0 Å². The molecule has 2 amide bonds. The number of carbonyl (C=O) groups is 1. The van der Waals surface area contributed by atoms with Gasteiger partial charge in [-0.1, -0.05) is 43.2 Å². The molecule has 1 heterocycles. The standard InChI is InChI=1S/C18H24N4O2/c1-14-11-16(22(21-14)12-15-7-3-2-4-8-15)20-17(23)19-13-18(24)9-5-6-10-18/h2-4,7-8,11,24H,5-6,9-10,12-13H2,1H3,(H2,19,20,23). The number of aromatic nitrogens is 2. The fourth-order valence-electron chi connectivity index (χ4n) is 3.14. The normalized spacial score (nSPS) is 16.1. The van der Waals surface area contributed by atoms with Crippen molar-refractivity contribution in [1.82, 2.24) is 15.1 Å². The van der Waals surface area contributed by atoms with Gasteiger partial charge in [-0.3, -0.25) is 5.32 Å². The van der Waals surface area contributed by atoms with E-state index in [2.05, 4.69) is 15.7 Å². The number of aliphatic hydroxyl groups is 1. The van der Waals surface area contributed by atoms with Crippen LogP contribution in [-0.4, -0.2) is 33.1 Å². The summed E-state index contributed by atoms with van der Waals surface area (Å²) >= 11 is 0. The summed E-state index contributed by atoms with van der Waals surface area (Å²) in [4.78, 5) is 12.2. The molecule has 0 aliphatic heterocycles. The summed E-state index contributed by atoms with van der Waals surface area (Å²) in [5.41, 5.74) is 1.21. The zero-order valence-electron chi connectivity index (χ0n) is 14.0. The second kappa shape index (κ2) is 7.05. The van der Waals surface area contributed by atoms with Gasteiger partial charge in [-0.2, -0.15) is 5.10 Å². The summed E-state index contributed by atoms with van der Waals surface area (Å²) in [6.07, 6.45) is 3.53. The quantitative estimate of drug-likeness (QED) is 0.789. The molecule has 1 aromatic heterocycles. The average molecular weight is 328 g/mol. The molecule has 1 aromatic carbocycles. The molecule has 6 nitrogen and oxygen atoms in total. The Bertz CT molecular complexity index is 690. The highest BCUT2D eigenvalue weighted by Gasteiger charge is 2.31. The molecule has 0 spiro atoms. The van der Waals surface area contributed by atoms with Crippen molar-refractivity contribution in [3.05, 3.63) is 47.7 Å². The highest BCUT2D eigenvalue weighted by Crippen LogP contribution is 2.28. The Hall–Kier alpha value is -2.34. The van der Waals surface area contributed by atoms with Gasteiger partial charge in [0.05, 0.1) is 17.8 Å². The van der Waals surface area contributed by atoms with Crippen molar-refractivity contribution < 1.29 is 9.90 Å². The minimum absolute atomic E-state index is 0.282. The third-order valence-electron chi connectivity index (χ3n) is 4.43. The summed E-state index contributed by atoms with van der Waals surface area (Å²) in [5.74, 6) is 0.646. The fraction of sp³-hybridized carbons (Fsp3) is 0.444. The average Bonchev–Trinajstić information content (AvgIpc) is 3.13. The maximum Gasteiger partial charge on any atom is 0.320 e. The van der Waals surface area contributed by atoms with Crippen molar-refractivity contribution in [2.24, 2.45) is 0 Å². The molecule has 1 aliphatic carbocycles. The molecule has 1 fully saturated rings. The van der Waals surface area contributed by atoms with Gasteiger partial charge < -0.3 is 10.4 Å². The van der Waals surface area contributed by atoms with Crippen LogP contribution in [0.4, 0.5) is 10.6 Å². The third kappa shape index (κ3) is 4.14. The van der Waals surface area contributed by atoms with Gasteiger partial charge >= 0.3 is 6.03 Å². The van der Waals surface area contributed by atoms with Crippen LogP contribution in [0.3, 0.4) is 0 Å². The van der Waals surface area contributed by atoms with Crippen LogP contribution in [-0.2, 0) is 6.54 Å². The molecule has 0 atom stereocenters. The number of anilines is 1. The van der Waals surface area contributed by atoms with E-state index in [0.29, 0.717) is 12.4 Å². The van der Waals surface area contributed by atoms with Gasteiger partial charge in [-0.25, -0.2) is 9.48 Å². The Morgan fingerprint density at radius 3 is 2.71 bits per heavy atom. The largest absolute Gasteiger partial charge is 0.388 e. The lowest BCUT2D eigenvalue weighted by Crippen LogP contribution is -2.42. The van der Waals surface area contributed by atoms with Gasteiger partial charge in [0.15, 0.2) is 0 Å². The highest BCUT2D eigenvalue weighted by molar-refractivity contribution is 5.88. The topological polar surface area (TPSA) is 79.2 Å². The Morgan fingerprint density at radius 1 is 1.29 bits per heavy atom. The predicted octanol–water partition coefficient (Wildman–Crippen LogP) is 2.67. The second-order valence-corrected chi connectivity index (χ2v) is 6.55. The number of hydrogen-bond acceptors (Lipinski definition) is 3. The number of amides is 2. The van der Waals surface area contributed by atoms with E-state index in [1.807, 2.05) is 43.3 Å². The fourth-order valence-corrected chi connectivity index (χ4v) is 3.14. The molecule has 1 saturated carbocycles. The Balaban J connectivity index is 1.61. The van der Waals surface area contributed by atoms with E-state index < -0.39 is 5.60 Å². The summed E-state index contributed by atoms with van der Waals surface area (Å²) in [6.45, 7) is 2.77. The first kappa shape index (κ1) is 16.5. The van der Waals surface area contributed by atoms with E-state index in [0.717, 1.165) is 36.9 Å². The van der Waals surface area contributed by atoms with E-state index in [-0.39, 0.29) is 12.6 Å². The van der Waals surface area contributed by atoms with Crippen LogP contribution >= 0.6 is 0 Å². The Kier molecular flexibility index (Phi) is 4.85. The van der Waals surface area contributed by atoms with Crippen molar-refractivity contribution >= 4 is 11.8 Å². The molecule has 6 heteroatoms. The number of nitrogens with one attached hydrogen (secondary N) is 2. The predicted molar refractivity (Wildman–Crippen MR) is 92.9 cm³/mol. The molecule has 0 bridgehead atoms. The van der Waals surface area contributed by atoms with Gasteiger partial charge in [0.25, 0.3) is 0 Å². The zero-order valence-corrected chi connectivity index (χ0v) is 14.0. The van der Waals surface area contributed by atoms with Gasteiger partial charge in [-0.15, -0.1) is 0 Å². The van der Waals surface area contributed by atoms with Crippen LogP contribution in [0.5, 0.6) is 0 Å². The summed E-state index contributed by atoms with van der Waals surface area (Å²) < 4.78 is 1.77. The summed E-state index contributed by atoms with van der Waals surface area (Å²) in [5, 5.41) is 20.3. The van der Waals surface area contributed by atoms with E-state index in [4.69, 9.17) is 0 Å². The van der Waals surface area contributed by atoms with Crippen LogP contribution in [0.1, 0.15) is 36.9 Å². The lowest BCUT2D eigenvalue weighted by Gasteiger charge is -2.22. The molecule has 0 saturated heterocycles. The van der Waals surface area contributed by atoms with Gasteiger partial charge in [-0.05, 0) is 25.3 Å². The van der Waals surface area contributed by atoms with Crippen molar-refractivity contribution in [1.29, 1.82) is 0 Å². The lowest BCUT2D eigenvalue weighted by molar-refractivity contribution is 0.0506. The molecular formula is C18H24N4O2. The van der Waals surface area contributed by atoms with Crippen LogP contribution in [0.25, 0.3) is 0 Å². The zero-order chi connectivity index (χ0) is 17.0. The monoisotopic (exact) mass is 328 g/mol. The van der Waals surface area contributed by atoms with Crippen LogP contribution in [0, 0.1) is 6.92 Å². The molecule has 3 rings (SSSR count). The van der Waals surface area contributed by atoms with E-state index in [1.54, 1.807) is 4.68 Å². The third-order valence-corrected chi connectivity index (χ3v) is 4.43. The van der Waals surface area contributed by atoms with Gasteiger partial charge in [0, 0.05) is 12.6 Å². The number of urea groups is 1. The SMILES string of the molecule is Cc1cc(NC(=O)NCC2(O)CCCC2)n(Cc2ccccc2)n1. The number of nitrogens with zero attached hydrogens (tertiary/aromatic N) is 2. The summed E-state index contributed by atoms with van der Waals surface area (Å²) in [7, 11) is 0. The first-order valence-electron chi connectivity index (χ1n) is 8.40. The minimum Gasteiger partial charge on any atom is -0.388 e. The van der Waals surface area contributed by atoms with Crippen LogP contribution < -0.4 is 10.6 Å². The van der Waals surface area contributed by atoms with Crippen molar-refractivity contribution in [3.63, 3.8) is 0 Å². The van der Waals surface area contributed by atoms with E-state index in [9.17, 15) is 9.90 Å². The highest BCUT2D eigenvalue weighted by atomic mass is 16.3. The second-order valence-electron chi connectivity index (χ2n) is 6.55. The summed E-state index contributed by atoms with van der Waals surface area (Å²) in [6, 6.07) is 11.5. The molecule has 0 unspecified atom stereocenters. The maximum atomic E-state index is 12.2. The van der Waals surface area contributed by atoms with Gasteiger partial charge in [0.1, 0.15) is 5.82 Å².